The molecule has 1 N–H and O–H groups in total. The van der Waals surface area contributed by atoms with Gasteiger partial charge in [0.05, 0.1) is 24.2 Å². The van der Waals surface area contributed by atoms with E-state index in [0.717, 1.165) is 21.3 Å². The predicted molar refractivity (Wildman–Crippen MR) is 93.7 cm³/mol. The van der Waals surface area contributed by atoms with Crippen molar-refractivity contribution in [1.82, 2.24) is 5.32 Å². The molecule has 5 heteroatoms. The van der Waals surface area contributed by atoms with Crippen molar-refractivity contribution in [2.24, 2.45) is 0 Å². The number of methoxy groups -OCH3 is 2. The molecule has 4 nitrogen and oxygen atoms in total. The van der Waals surface area contributed by atoms with E-state index in [9.17, 15) is 4.79 Å². The molecule has 0 saturated carbocycles. The standard InChI is InChI=1S/C18H20BrNO3/c1-12(14-7-8-17(23-3)16(19)10-14)20-18(21)15-6-4-5-13(9-15)11-22-2/h4-10,12H,11H2,1-3H3,(H,20,21). The smallest absolute Gasteiger partial charge is 0.251 e. The van der Waals surface area contributed by atoms with E-state index < -0.39 is 0 Å². The van der Waals surface area contributed by atoms with Gasteiger partial charge in [0.1, 0.15) is 5.75 Å². The Morgan fingerprint density at radius 2 is 2.00 bits per heavy atom. The summed E-state index contributed by atoms with van der Waals surface area (Å²) in [4.78, 5) is 12.4. The molecule has 122 valence electrons. The topological polar surface area (TPSA) is 47.6 Å². The van der Waals surface area contributed by atoms with Crippen molar-refractivity contribution in [2.75, 3.05) is 14.2 Å². The first-order chi connectivity index (χ1) is 11.0. The van der Waals surface area contributed by atoms with Gasteiger partial charge in [0, 0.05) is 12.7 Å². The van der Waals surface area contributed by atoms with Crippen LogP contribution in [0.5, 0.6) is 5.75 Å². The normalized spacial score (nSPS) is 11.8. The Balaban J connectivity index is 2.10. The van der Waals surface area contributed by atoms with Crippen LogP contribution in [0.1, 0.15) is 34.5 Å². The SMILES string of the molecule is COCc1cccc(C(=O)NC(C)c2ccc(OC)c(Br)c2)c1. The molecule has 2 aromatic carbocycles. The molecule has 0 bridgehead atoms. The van der Waals surface area contributed by atoms with Crippen LogP contribution in [0.4, 0.5) is 0 Å². The Morgan fingerprint density at radius 3 is 2.65 bits per heavy atom. The van der Waals surface area contributed by atoms with Gasteiger partial charge < -0.3 is 14.8 Å². The van der Waals surface area contributed by atoms with Crippen LogP contribution in [0.3, 0.4) is 0 Å². The third-order valence-corrected chi connectivity index (χ3v) is 4.14. The quantitative estimate of drug-likeness (QED) is 0.824. The van der Waals surface area contributed by atoms with Crippen LogP contribution in [-0.4, -0.2) is 20.1 Å². The van der Waals surface area contributed by atoms with Crippen molar-refractivity contribution >= 4 is 21.8 Å². The molecule has 0 aliphatic carbocycles. The van der Waals surface area contributed by atoms with Gasteiger partial charge in [-0.1, -0.05) is 18.2 Å². The summed E-state index contributed by atoms with van der Waals surface area (Å²) in [5, 5.41) is 3.01. The number of carbonyl (C=O) groups is 1. The van der Waals surface area contributed by atoms with Crippen molar-refractivity contribution in [3.05, 3.63) is 63.6 Å². The fraction of sp³-hybridized carbons (Fsp3) is 0.278. The zero-order valence-electron chi connectivity index (χ0n) is 13.4. The number of hydrogen-bond acceptors (Lipinski definition) is 3. The Morgan fingerprint density at radius 1 is 1.22 bits per heavy atom. The highest BCUT2D eigenvalue weighted by Crippen LogP contribution is 2.28. The number of nitrogens with one attached hydrogen (secondary N) is 1. The highest BCUT2D eigenvalue weighted by atomic mass is 79.9. The van der Waals surface area contributed by atoms with Gasteiger partial charge in [0.15, 0.2) is 0 Å². The van der Waals surface area contributed by atoms with E-state index in [-0.39, 0.29) is 11.9 Å². The third-order valence-electron chi connectivity index (χ3n) is 3.52. The molecule has 0 saturated heterocycles. The zero-order valence-corrected chi connectivity index (χ0v) is 15.0. The predicted octanol–water partition coefficient (Wildman–Crippen LogP) is 4.10. The molecule has 0 spiro atoms. The van der Waals surface area contributed by atoms with Crippen LogP contribution in [0.15, 0.2) is 46.9 Å². The summed E-state index contributed by atoms with van der Waals surface area (Å²) < 4.78 is 11.2. The second-order valence-electron chi connectivity index (χ2n) is 5.22. The van der Waals surface area contributed by atoms with Gasteiger partial charge in [-0.3, -0.25) is 4.79 Å². The fourth-order valence-corrected chi connectivity index (χ4v) is 2.84. The first-order valence-corrected chi connectivity index (χ1v) is 8.06. The molecular weight excluding hydrogens is 358 g/mol. The van der Waals surface area contributed by atoms with Crippen LogP contribution in [0.25, 0.3) is 0 Å². The summed E-state index contributed by atoms with van der Waals surface area (Å²) in [7, 11) is 3.26. The number of hydrogen-bond donors (Lipinski definition) is 1. The first-order valence-electron chi connectivity index (χ1n) is 7.27. The maximum Gasteiger partial charge on any atom is 0.251 e. The van der Waals surface area contributed by atoms with E-state index in [0.29, 0.717) is 12.2 Å². The maximum absolute atomic E-state index is 12.4. The van der Waals surface area contributed by atoms with Gasteiger partial charge in [0.2, 0.25) is 0 Å². The lowest BCUT2D eigenvalue weighted by molar-refractivity contribution is 0.0939. The number of ether oxygens (including phenoxy) is 2. The van der Waals surface area contributed by atoms with Crippen molar-refractivity contribution < 1.29 is 14.3 Å². The highest BCUT2D eigenvalue weighted by Gasteiger charge is 2.13. The van der Waals surface area contributed by atoms with E-state index in [4.69, 9.17) is 9.47 Å². The molecule has 2 aromatic rings. The highest BCUT2D eigenvalue weighted by molar-refractivity contribution is 9.10. The third kappa shape index (κ3) is 4.56. The van der Waals surface area contributed by atoms with Crippen LogP contribution < -0.4 is 10.1 Å². The van der Waals surface area contributed by atoms with Crippen molar-refractivity contribution in [1.29, 1.82) is 0 Å². The molecular formula is C18H20BrNO3. The Kier molecular flexibility index (Phi) is 6.19. The zero-order chi connectivity index (χ0) is 16.8. The molecule has 2 rings (SSSR count). The molecule has 0 aromatic heterocycles. The molecule has 0 aliphatic rings. The van der Waals surface area contributed by atoms with Gasteiger partial charge in [-0.15, -0.1) is 0 Å². The lowest BCUT2D eigenvalue weighted by Gasteiger charge is -2.16. The molecule has 0 aliphatic heterocycles. The summed E-state index contributed by atoms with van der Waals surface area (Å²) in [6, 6.07) is 13.1. The van der Waals surface area contributed by atoms with E-state index in [1.165, 1.54) is 0 Å². The maximum atomic E-state index is 12.4. The minimum absolute atomic E-state index is 0.109. The van der Waals surface area contributed by atoms with Gasteiger partial charge in [-0.2, -0.15) is 0 Å². The monoisotopic (exact) mass is 377 g/mol. The second kappa shape index (κ2) is 8.13. The molecule has 1 amide bonds. The van der Waals surface area contributed by atoms with E-state index >= 15 is 0 Å². The molecule has 0 radical (unpaired) electrons. The minimum Gasteiger partial charge on any atom is -0.496 e. The van der Waals surface area contributed by atoms with Gasteiger partial charge >= 0.3 is 0 Å². The summed E-state index contributed by atoms with van der Waals surface area (Å²) in [5.41, 5.74) is 2.60. The van der Waals surface area contributed by atoms with Crippen molar-refractivity contribution in [3.8, 4) is 5.75 Å². The van der Waals surface area contributed by atoms with Gasteiger partial charge in [-0.05, 0) is 58.2 Å². The summed E-state index contributed by atoms with van der Waals surface area (Å²) in [6.07, 6.45) is 0. The molecule has 0 heterocycles. The number of benzene rings is 2. The largest absolute Gasteiger partial charge is 0.496 e. The average molecular weight is 378 g/mol. The number of carbonyl (C=O) groups excluding carboxylic acids is 1. The number of halogens is 1. The lowest BCUT2D eigenvalue weighted by Crippen LogP contribution is -2.26. The number of rotatable bonds is 6. The molecule has 23 heavy (non-hydrogen) atoms. The van der Waals surface area contributed by atoms with Crippen LogP contribution in [0, 0.1) is 0 Å². The number of amides is 1. The molecule has 1 atom stereocenters. The Bertz CT molecular complexity index is 688. The molecule has 1 unspecified atom stereocenters. The van der Waals surface area contributed by atoms with Gasteiger partial charge in [-0.25, -0.2) is 0 Å². The summed E-state index contributed by atoms with van der Waals surface area (Å²) >= 11 is 3.46. The minimum atomic E-state index is -0.115. The van der Waals surface area contributed by atoms with Crippen LogP contribution in [0.2, 0.25) is 0 Å². The Labute approximate surface area is 144 Å². The van der Waals surface area contributed by atoms with Crippen LogP contribution >= 0.6 is 15.9 Å². The van der Waals surface area contributed by atoms with E-state index in [1.807, 2.05) is 43.3 Å². The summed E-state index contributed by atoms with van der Waals surface area (Å²) in [6.45, 7) is 2.44. The first kappa shape index (κ1) is 17.5. The summed E-state index contributed by atoms with van der Waals surface area (Å²) in [5.74, 6) is 0.655. The lowest BCUT2D eigenvalue weighted by atomic mass is 10.1. The fourth-order valence-electron chi connectivity index (χ4n) is 2.28. The average Bonchev–Trinajstić information content (AvgIpc) is 2.55. The van der Waals surface area contributed by atoms with E-state index in [2.05, 4.69) is 21.2 Å². The van der Waals surface area contributed by atoms with Crippen molar-refractivity contribution in [2.45, 2.75) is 19.6 Å². The van der Waals surface area contributed by atoms with Gasteiger partial charge in [0.25, 0.3) is 5.91 Å². The van der Waals surface area contributed by atoms with Crippen molar-refractivity contribution in [3.63, 3.8) is 0 Å². The molecule has 0 fully saturated rings. The second-order valence-corrected chi connectivity index (χ2v) is 6.08. The van der Waals surface area contributed by atoms with Crippen LogP contribution in [-0.2, 0) is 11.3 Å². The Hall–Kier alpha value is -1.85. The van der Waals surface area contributed by atoms with E-state index in [1.54, 1.807) is 20.3 Å².